The first-order chi connectivity index (χ1) is 7.40. The van der Waals surface area contributed by atoms with E-state index in [1.54, 1.807) is 0 Å². The molecule has 2 atom stereocenters. The fraction of sp³-hybridized carbons (Fsp3) is 0.462. The van der Waals surface area contributed by atoms with E-state index in [1.807, 2.05) is 0 Å². The number of hydrogen-bond acceptors (Lipinski definition) is 1. The van der Waals surface area contributed by atoms with Crippen LogP contribution in [0.15, 0.2) is 30.3 Å². The molecule has 15 heavy (non-hydrogen) atoms. The number of carbonyl (C=O) groups is 1. The molecule has 0 bridgehead atoms. The van der Waals surface area contributed by atoms with Gasteiger partial charge in [0.1, 0.15) is 0 Å². The van der Waals surface area contributed by atoms with Crippen LogP contribution >= 0.6 is 0 Å². The fourth-order valence-corrected chi connectivity index (χ4v) is 2.07. The van der Waals surface area contributed by atoms with Crippen LogP contribution in [0.5, 0.6) is 0 Å². The van der Waals surface area contributed by atoms with Crippen LogP contribution in [0, 0.1) is 5.92 Å². The summed E-state index contributed by atoms with van der Waals surface area (Å²) < 4.78 is 0. The first kappa shape index (κ1) is 10.2. The van der Waals surface area contributed by atoms with Gasteiger partial charge in [0.25, 0.3) is 0 Å². The summed E-state index contributed by atoms with van der Waals surface area (Å²) >= 11 is 0. The van der Waals surface area contributed by atoms with Crippen LogP contribution in [0.25, 0.3) is 0 Å². The van der Waals surface area contributed by atoms with Gasteiger partial charge in [-0.05, 0) is 37.2 Å². The van der Waals surface area contributed by atoms with Gasteiger partial charge in [-0.2, -0.15) is 0 Å². The van der Waals surface area contributed by atoms with Crippen molar-refractivity contribution in [2.45, 2.75) is 31.7 Å². The summed E-state index contributed by atoms with van der Waals surface area (Å²) in [5.74, 6) is 0.735. The van der Waals surface area contributed by atoms with Gasteiger partial charge in [0.2, 0.25) is 6.41 Å². The molecule has 1 aromatic rings. The average molecular weight is 203 g/mol. The molecule has 1 saturated carbocycles. The van der Waals surface area contributed by atoms with E-state index in [4.69, 9.17) is 0 Å². The zero-order chi connectivity index (χ0) is 10.5. The van der Waals surface area contributed by atoms with Crippen molar-refractivity contribution in [3.8, 4) is 0 Å². The van der Waals surface area contributed by atoms with Crippen LogP contribution in [-0.2, 0) is 11.2 Å². The van der Waals surface area contributed by atoms with Gasteiger partial charge in [-0.3, -0.25) is 4.79 Å². The molecular weight excluding hydrogens is 186 g/mol. The molecule has 1 fully saturated rings. The highest BCUT2D eigenvalue weighted by Gasteiger charge is 2.35. The smallest absolute Gasteiger partial charge is 0.207 e. The number of amides is 1. The molecule has 0 saturated heterocycles. The number of nitrogens with one attached hydrogen (secondary N) is 1. The highest BCUT2D eigenvalue weighted by atomic mass is 16.1. The molecule has 1 aliphatic rings. The lowest BCUT2D eigenvalue weighted by molar-refractivity contribution is -0.109. The quantitative estimate of drug-likeness (QED) is 0.705. The maximum Gasteiger partial charge on any atom is 0.207 e. The van der Waals surface area contributed by atoms with Gasteiger partial charge in [-0.25, -0.2) is 0 Å². The maximum atomic E-state index is 10.2. The molecule has 80 valence electrons. The largest absolute Gasteiger partial charge is 0.356 e. The Morgan fingerprint density at radius 2 is 2.13 bits per heavy atom. The molecule has 0 heterocycles. The van der Waals surface area contributed by atoms with Crippen LogP contribution < -0.4 is 5.32 Å². The third-order valence-electron chi connectivity index (χ3n) is 3.09. The van der Waals surface area contributed by atoms with Crippen molar-refractivity contribution in [1.82, 2.24) is 5.32 Å². The Bertz CT molecular complexity index is 310. The van der Waals surface area contributed by atoms with Crippen LogP contribution in [0.2, 0.25) is 0 Å². The van der Waals surface area contributed by atoms with Gasteiger partial charge in [0, 0.05) is 6.04 Å². The van der Waals surface area contributed by atoms with E-state index in [0.717, 1.165) is 18.7 Å². The van der Waals surface area contributed by atoms with Crippen LogP contribution in [-0.4, -0.2) is 12.5 Å². The van der Waals surface area contributed by atoms with Crippen molar-refractivity contribution in [1.29, 1.82) is 0 Å². The molecule has 2 heteroatoms. The molecule has 2 unspecified atom stereocenters. The third-order valence-corrected chi connectivity index (χ3v) is 3.09. The number of benzene rings is 1. The SMILES string of the molecule is O=CNC1CC1CCCc1ccccc1. The van der Waals surface area contributed by atoms with Crippen LogP contribution in [0.3, 0.4) is 0 Å². The first-order valence-electron chi connectivity index (χ1n) is 5.64. The first-order valence-corrected chi connectivity index (χ1v) is 5.64. The monoisotopic (exact) mass is 203 g/mol. The molecule has 0 radical (unpaired) electrons. The maximum absolute atomic E-state index is 10.2. The van der Waals surface area contributed by atoms with E-state index in [-0.39, 0.29) is 0 Å². The molecule has 2 nitrogen and oxygen atoms in total. The molecule has 1 aliphatic carbocycles. The Balaban J connectivity index is 1.62. The van der Waals surface area contributed by atoms with E-state index >= 15 is 0 Å². The summed E-state index contributed by atoms with van der Waals surface area (Å²) in [5.41, 5.74) is 1.41. The van der Waals surface area contributed by atoms with Gasteiger partial charge >= 0.3 is 0 Å². The minimum atomic E-state index is 0.471. The summed E-state index contributed by atoms with van der Waals surface area (Å²) in [4.78, 5) is 10.2. The molecule has 2 rings (SSSR count). The van der Waals surface area contributed by atoms with Crippen molar-refractivity contribution < 1.29 is 4.79 Å². The molecule has 1 amide bonds. The lowest BCUT2D eigenvalue weighted by atomic mass is 10.1. The van der Waals surface area contributed by atoms with Crippen molar-refractivity contribution in [2.75, 3.05) is 0 Å². The fourth-order valence-electron chi connectivity index (χ4n) is 2.07. The molecule has 1 N–H and O–H groups in total. The van der Waals surface area contributed by atoms with E-state index in [1.165, 1.54) is 24.8 Å². The number of hydrogen-bond donors (Lipinski definition) is 1. The summed E-state index contributed by atoms with van der Waals surface area (Å²) in [6.45, 7) is 0. The summed E-state index contributed by atoms with van der Waals surface area (Å²) in [5, 5.41) is 2.84. The zero-order valence-corrected chi connectivity index (χ0v) is 8.86. The van der Waals surface area contributed by atoms with Gasteiger partial charge in [-0.15, -0.1) is 0 Å². The van der Waals surface area contributed by atoms with Gasteiger partial charge in [0.15, 0.2) is 0 Å². The van der Waals surface area contributed by atoms with Crippen molar-refractivity contribution in [3.05, 3.63) is 35.9 Å². The molecule has 1 aromatic carbocycles. The highest BCUT2D eigenvalue weighted by Crippen LogP contribution is 2.34. The van der Waals surface area contributed by atoms with Gasteiger partial charge in [0.05, 0.1) is 0 Å². The topological polar surface area (TPSA) is 29.1 Å². The molecule has 0 aliphatic heterocycles. The second kappa shape index (κ2) is 4.96. The predicted molar refractivity (Wildman–Crippen MR) is 60.5 cm³/mol. The van der Waals surface area contributed by atoms with E-state index in [9.17, 15) is 4.79 Å². The van der Waals surface area contributed by atoms with E-state index in [0.29, 0.717) is 6.04 Å². The summed E-state index contributed by atoms with van der Waals surface area (Å²) in [6.07, 6.45) is 5.62. The third kappa shape index (κ3) is 3.08. The lowest BCUT2D eigenvalue weighted by Crippen LogP contribution is -2.15. The Hall–Kier alpha value is -1.31. The number of aryl methyl sites for hydroxylation is 1. The molecular formula is C13H17NO. The normalized spacial score (nSPS) is 23.5. The number of carbonyl (C=O) groups excluding carboxylic acids is 1. The van der Waals surface area contributed by atoms with E-state index < -0.39 is 0 Å². The summed E-state index contributed by atoms with van der Waals surface area (Å²) in [7, 11) is 0. The zero-order valence-electron chi connectivity index (χ0n) is 8.86. The summed E-state index contributed by atoms with van der Waals surface area (Å²) in [6, 6.07) is 11.0. The highest BCUT2D eigenvalue weighted by molar-refractivity contribution is 5.47. The Morgan fingerprint density at radius 1 is 1.33 bits per heavy atom. The minimum Gasteiger partial charge on any atom is -0.356 e. The Labute approximate surface area is 90.7 Å². The van der Waals surface area contributed by atoms with Gasteiger partial charge < -0.3 is 5.32 Å². The predicted octanol–water partition coefficient (Wildman–Crippen LogP) is 2.14. The van der Waals surface area contributed by atoms with Crippen molar-refractivity contribution >= 4 is 6.41 Å². The second-order valence-corrected chi connectivity index (χ2v) is 4.26. The standard InChI is InChI=1S/C13H17NO/c15-10-14-13-9-12(13)8-4-7-11-5-2-1-3-6-11/h1-3,5-6,10,12-13H,4,7-9H2,(H,14,15). The van der Waals surface area contributed by atoms with Crippen LogP contribution in [0.4, 0.5) is 0 Å². The Kier molecular flexibility index (Phi) is 3.38. The molecule has 0 aromatic heterocycles. The average Bonchev–Trinajstić information content (AvgIpc) is 2.99. The lowest BCUT2D eigenvalue weighted by Gasteiger charge is -2.00. The van der Waals surface area contributed by atoms with Crippen molar-refractivity contribution in [2.24, 2.45) is 5.92 Å². The Morgan fingerprint density at radius 3 is 2.87 bits per heavy atom. The van der Waals surface area contributed by atoms with Crippen molar-refractivity contribution in [3.63, 3.8) is 0 Å². The minimum absolute atomic E-state index is 0.471. The number of rotatable bonds is 6. The second-order valence-electron chi connectivity index (χ2n) is 4.26. The van der Waals surface area contributed by atoms with E-state index in [2.05, 4.69) is 35.6 Å². The van der Waals surface area contributed by atoms with Gasteiger partial charge in [-0.1, -0.05) is 30.3 Å². The molecule has 0 spiro atoms. The van der Waals surface area contributed by atoms with Crippen LogP contribution in [0.1, 0.15) is 24.8 Å².